The fourth-order valence-electron chi connectivity index (χ4n) is 3.90. The molecule has 0 bridgehead atoms. The van der Waals surface area contributed by atoms with Crippen LogP contribution in [0.15, 0.2) is 42.5 Å². The molecule has 3 aromatic rings. The zero-order chi connectivity index (χ0) is 16.0. The average molecular weight is 305 g/mol. The van der Waals surface area contributed by atoms with Gasteiger partial charge in [-0.2, -0.15) is 0 Å². The number of fused-ring (bicyclic) bond motifs is 3. The molecule has 0 saturated heterocycles. The quantitative estimate of drug-likeness (QED) is 0.752. The summed E-state index contributed by atoms with van der Waals surface area (Å²) < 4.78 is 2.20. The number of carbonyl (C=O) groups is 1. The van der Waals surface area contributed by atoms with E-state index in [0.29, 0.717) is 5.56 Å². The zero-order valence-electron chi connectivity index (χ0n) is 13.1. The molecule has 1 N–H and O–H groups in total. The van der Waals surface area contributed by atoms with Crippen molar-refractivity contribution in [2.45, 2.75) is 25.4 Å². The van der Waals surface area contributed by atoms with Crippen LogP contribution in [0.3, 0.4) is 0 Å². The lowest BCUT2D eigenvalue weighted by Gasteiger charge is -2.15. The van der Waals surface area contributed by atoms with Crippen LogP contribution in [-0.2, 0) is 19.9 Å². The Morgan fingerprint density at radius 2 is 1.96 bits per heavy atom. The molecule has 23 heavy (non-hydrogen) atoms. The van der Waals surface area contributed by atoms with Gasteiger partial charge in [0.25, 0.3) is 0 Å². The minimum Gasteiger partial charge on any atom is -0.384 e. The number of aliphatic hydroxyl groups excluding tert-OH is 1. The van der Waals surface area contributed by atoms with E-state index in [4.69, 9.17) is 0 Å². The standard InChI is InChI=1S/C20H19NO2/c1-21-18-9-5-8-15(18)16-10-13(12-22)11-17(19(16)21)20(23)14-6-3-2-4-7-14/h2-4,6-7,10-12,20,23H,5,8-9H2,1H3. The molecule has 3 heteroatoms. The summed E-state index contributed by atoms with van der Waals surface area (Å²) in [6.07, 6.45) is 3.42. The summed E-state index contributed by atoms with van der Waals surface area (Å²) >= 11 is 0. The predicted molar refractivity (Wildman–Crippen MR) is 90.8 cm³/mol. The molecule has 0 fully saturated rings. The van der Waals surface area contributed by atoms with Crippen LogP contribution in [0.1, 0.15) is 45.3 Å². The second-order valence-corrected chi connectivity index (χ2v) is 6.28. The maximum Gasteiger partial charge on any atom is 0.150 e. The van der Waals surface area contributed by atoms with Gasteiger partial charge in [-0.05, 0) is 42.5 Å². The first-order chi connectivity index (χ1) is 11.2. The summed E-state index contributed by atoms with van der Waals surface area (Å²) in [5.41, 5.74) is 6.02. The molecule has 1 aromatic heterocycles. The van der Waals surface area contributed by atoms with Crippen molar-refractivity contribution < 1.29 is 9.90 Å². The van der Waals surface area contributed by atoms with Crippen molar-refractivity contribution in [3.63, 3.8) is 0 Å². The lowest BCUT2D eigenvalue weighted by atomic mass is 9.96. The molecule has 3 nitrogen and oxygen atoms in total. The highest BCUT2D eigenvalue weighted by Gasteiger charge is 2.24. The van der Waals surface area contributed by atoms with Crippen LogP contribution >= 0.6 is 0 Å². The molecule has 0 radical (unpaired) electrons. The summed E-state index contributed by atoms with van der Waals surface area (Å²) in [4.78, 5) is 11.4. The topological polar surface area (TPSA) is 42.2 Å². The van der Waals surface area contributed by atoms with Gasteiger partial charge in [0.2, 0.25) is 0 Å². The Hall–Kier alpha value is -2.39. The Balaban J connectivity index is 2.00. The summed E-state index contributed by atoms with van der Waals surface area (Å²) in [6, 6.07) is 13.4. The van der Waals surface area contributed by atoms with Gasteiger partial charge in [0, 0.05) is 29.3 Å². The highest BCUT2D eigenvalue weighted by molar-refractivity contribution is 5.94. The lowest BCUT2D eigenvalue weighted by molar-refractivity contribution is 0.112. The van der Waals surface area contributed by atoms with E-state index in [2.05, 4.69) is 11.6 Å². The van der Waals surface area contributed by atoms with E-state index in [-0.39, 0.29) is 0 Å². The summed E-state index contributed by atoms with van der Waals surface area (Å²) in [5.74, 6) is 0. The summed E-state index contributed by atoms with van der Waals surface area (Å²) in [5, 5.41) is 12.0. The lowest BCUT2D eigenvalue weighted by Crippen LogP contribution is -2.05. The van der Waals surface area contributed by atoms with Gasteiger partial charge in [0.1, 0.15) is 12.4 Å². The Kier molecular flexibility index (Phi) is 3.31. The first-order valence-corrected chi connectivity index (χ1v) is 8.03. The normalized spacial score (nSPS) is 14.9. The zero-order valence-corrected chi connectivity index (χ0v) is 13.1. The molecule has 2 aromatic carbocycles. The van der Waals surface area contributed by atoms with Gasteiger partial charge >= 0.3 is 0 Å². The van der Waals surface area contributed by atoms with Gasteiger partial charge in [0.15, 0.2) is 0 Å². The average Bonchev–Trinajstić information content (AvgIpc) is 3.18. The van der Waals surface area contributed by atoms with Gasteiger partial charge in [-0.15, -0.1) is 0 Å². The molecule has 0 spiro atoms. The van der Waals surface area contributed by atoms with Crippen molar-refractivity contribution in [2.75, 3.05) is 0 Å². The van der Waals surface area contributed by atoms with E-state index in [1.807, 2.05) is 42.5 Å². The number of aldehydes is 1. The number of carbonyl (C=O) groups excluding carboxylic acids is 1. The molecule has 0 aliphatic heterocycles. The highest BCUT2D eigenvalue weighted by atomic mass is 16.3. The van der Waals surface area contributed by atoms with Crippen molar-refractivity contribution >= 4 is 17.2 Å². The van der Waals surface area contributed by atoms with Crippen LogP contribution in [0.5, 0.6) is 0 Å². The van der Waals surface area contributed by atoms with E-state index in [1.165, 1.54) is 11.3 Å². The maximum atomic E-state index is 11.4. The number of rotatable bonds is 3. The molecule has 4 rings (SSSR count). The molecule has 116 valence electrons. The number of aliphatic hydroxyl groups is 1. The van der Waals surface area contributed by atoms with Gasteiger partial charge in [-0.1, -0.05) is 30.3 Å². The molecule has 1 heterocycles. The predicted octanol–water partition coefficient (Wildman–Crippen LogP) is 3.56. The minimum absolute atomic E-state index is 0.628. The third kappa shape index (κ3) is 2.12. The monoisotopic (exact) mass is 305 g/mol. The Morgan fingerprint density at radius 1 is 1.17 bits per heavy atom. The Labute approximate surface area is 135 Å². The molecule has 1 aliphatic rings. The van der Waals surface area contributed by atoms with Crippen molar-refractivity contribution in [1.29, 1.82) is 0 Å². The molecule has 0 saturated carbocycles. The van der Waals surface area contributed by atoms with Crippen LogP contribution in [0, 0.1) is 0 Å². The van der Waals surface area contributed by atoms with E-state index >= 15 is 0 Å². The van der Waals surface area contributed by atoms with Crippen LogP contribution in [0.25, 0.3) is 10.9 Å². The minimum atomic E-state index is -0.729. The van der Waals surface area contributed by atoms with Crippen molar-refractivity contribution in [2.24, 2.45) is 7.05 Å². The van der Waals surface area contributed by atoms with E-state index in [0.717, 1.165) is 47.6 Å². The number of benzene rings is 2. The van der Waals surface area contributed by atoms with Crippen molar-refractivity contribution in [3.8, 4) is 0 Å². The van der Waals surface area contributed by atoms with E-state index in [1.54, 1.807) is 0 Å². The molecule has 0 amide bonds. The van der Waals surface area contributed by atoms with Crippen molar-refractivity contribution in [1.82, 2.24) is 4.57 Å². The second kappa shape index (κ2) is 5.36. The number of hydrogen-bond acceptors (Lipinski definition) is 2. The second-order valence-electron chi connectivity index (χ2n) is 6.28. The van der Waals surface area contributed by atoms with Gasteiger partial charge < -0.3 is 9.67 Å². The molecule has 1 unspecified atom stereocenters. The largest absolute Gasteiger partial charge is 0.384 e. The highest BCUT2D eigenvalue weighted by Crippen LogP contribution is 2.37. The fourth-order valence-corrected chi connectivity index (χ4v) is 3.90. The number of nitrogens with zero attached hydrogens (tertiary/aromatic N) is 1. The van der Waals surface area contributed by atoms with E-state index < -0.39 is 6.10 Å². The maximum absolute atomic E-state index is 11.4. The SMILES string of the molecule is Cn1c2c(c3cc(C=O)cc(C(O)c4ccccc4)c31)CCC2. The first kappa shape index (κ1) is 14.2. The number of aromatic nitrogens is 1. The van der Waals surface area contributed by atoms with Crippen LogP contribution in [0.2, 0.25) is 0 Å². The molecular weight excluding hydrogens is 286 g/mol. The van der Waals surface area contributed by atoms with Gasteiger partial charge in [-0.3, -0.25) is 4.79 Å². The van der Waals surface area contributed by atoms with Crippen molar-refractivity contribution in [3.05, 3.63) is 70.4 Å². The van der Waals surface area contributed by atoms with Crippen LogP contribution < -0.4 is 0 Å². The number of aryl methyl sites for hydroxylation is 2. The Morgan fingerprint density at radius 3 is 2.70 bits per heavy atom. The fraction of sp³-hybridized carbons (Fsp3) is 0.250. The van der Waals surface area contributed by atoms with E-state index in [9.17, 15) is 9.90 Å². The Bertz CT molecular complexity index is 893. The third-order valence-electron chi connectivity index (χ3n) is 4.96. The summed E-state index contributed by atoms with van der Waals surface area (Å²) in [7, 11) is 2.06. The molecular formula is C20H19NO2. The number of hydrogen-bond donors (Lipinski definition) is 1. The molecule has 1 atom stereocenters. The molecule has 1 aliphatic carbocycles. The smallest absolute Gasteiger partial charge is 0.150 e. The first-order valence-electron chi connectivity index (χ1n) is 8.03. The van der Waals surface area contributed by atoms with Gasteiger partial charge in [-0.25, -0.2) is 0 Å². The summed E-state index contributed by atoms with van der Waals surface area (Å²) in [6.45, 7) is 0. The van der Waals surface area contributed by atoms with Gasteiger partial charge in [0.05, 0.1) is 5.52 Å². The van der Waals surface area contributed by atoms with Crippen LogP contribution in [-0.4, -0.2) is 16.0 Å². The van der Waals surface area contributed by atoms with Crippen LogP contribution in [0.4, 0.5) is 0 Å². The third-order valence-corrected chi connectivity index (χ3v) is 4.96.